The molecule has 1 aromatic rings. The van der Waals surface area contributed by atoms with Crippen LogP contribution in [-0.4, -0.2) is 24.4 Å². The highest BCUT2D eigenvalue weighted by atomic mass is 35.5. The van der Waals surface area contributed by atoms with Gasteiger partial charge in [-0.05, 0) is 23.9 Å². The largest absolute Gasteiger partial charge is 0.341 e. The Bertz CT molecular complexity index is 314. The molecule has 5 heteroatoms. The van der Waals surface area contributed by atoms with E-state index in [9.17, 15) is 4.79 Å². The monoisotopic (exact) mass is 248 g/mol. The van der Waals surface area contributed by atoms with Crippen molar-refractivity contribution >= 4 is 29.7 Å². The summed E-state index contributed by atoms with van der Waals surface area (Å²) in [6.07, 6.45) is 0.431. The SMILES string of the molecule is Cc1ccsc1CN(C)C(=O)CCN.Cl. The summed E-state index contributed by atoms with van der Waals surface area (Å²) >= 11 is 1.69. The van der Waals surface area contributed by atoms with E-state index < -0.39 is 0 Å². The van der Waals surface area contributed by atoms with Crippen LogP contribution >= 0.6 is 23.7 Å². The van der Waals surface area contributed by atoms with Crippen molar-refractivity contribution in [2.75, 3.05) is 13.6 Å². The molecule has 0 unspecified atom stereocenters. The van der Waals surface area contributed by atoms with Crippen LogP contribution < -0.4 is 5.73 Å². The minimum absolute atomic E-state index is 0. The quantitative estimate of drug-likeness (QED) is 0.883. The molecule has 1 aromatic heterocycles. The maximum atomic E-state index is 11.4. The molecule has 0 aliphatic rings. The Kier molecular flexibility index (Phi) is 6.56. The molecule has 86 valence electrons. The van der Waals surface area contributed by atoms with Gasteiger partial charge in [0.15, 0.2) is 0 Å². The van der Waals surface area contributed by atoms with Crippen LogP contribution in [0.2, 0.25) is 0 Å². The van der Waals surface area contributed by atoms with Crippen LogP contribution in [0, 0.1) is 6.92 Å². The van der Waals surface area contributed by atoms with Crippen molar-refractivity contribution in [2.24, 2.45) is 5.73 Å². The van der Waals surface area contributed by atoms with Crippen molar-refractivity contribution in [3.8, 4) is 0 Å². The third-order valence-electron chi connectivity index (χ3n) is 2.13. The van der Waals surface area contributed by atoms with Crippen LogP contribution in [0.3, 0.4) is 0 Å². The predicted octanol–water partition coefficient (Wildman–Crippen LogP) is 1.79. The lowest BCUT2D eigenvalue weighted by Gasteiger charge is -2.16. The third kappa shape index (κ3) is 4.20. The fourth-order valence-electron chi connectivity index (χ4n) is 1.18. The molecule has 1 heterocycles. The molecule has 0 aliphatic heterocycles. The van der Waals surface area contributed by atoms with Crippen LogP contribution in [0.15, 0.2) is 11.4 Å². The fourth-order valence-corrected chi connectivity index (χ4v) is 2.14. The predicted molar refractivity (Wildman–Crippen MR) is 66.4 cm³/mol. The van der Waals surface area contributed by atoms with Gasteiger partial charge in [-0.1, -0.05) is 0 Å². The summed E-state index contributed by atoms with van der Waals surface area (Å²) < 4.78 is 0. The number of hydrogen-bond acceptors (Lipinski definition) is 3. The van der Waals surface area contributed by atoms with Gasteiger partial charge in [0.05, 0.1) is 6.54 Å². The number of thiophene rings is 1. The zero-order chi connectivity index (χ0) is 10.6. The van der Waals surface area contributed by atoms with Crippen LogP contribution in [-0.2, 0) is 11.3 Å². The number of nitrogens with zero attached hydrogens (tertiary/aromatic N) is 1. The molecule has 0 saturated heterocycles. The fraction of sp³-hybridized carbons (Fsp3) is 0.500. The van der Waals surface area contributed by atoms with Crippen molar-refractivity contribution in [3.63, 3.8) is 0 Å². The first-order valence-corrected chi connectivity index (χ1v) is 5.50. The number of hydrogen-bond donors (Lipinski definition) is 1. The minimum Gasteiger partial charge on any atom is -0.341 e. The normalized spacial score (nSPS) is 9.53. The molecule has 0 atom stereocenters. The molecule has 2 N–H and O–H groups in total. The van der Waals surface area contributed by atoms with Crippen molar-refractivity contribution in [1.29, 1.82) is 0 Å². The highest BCUT2D eigenvalue weighted by Crippen LogP contribution is 2.17. The van der Waals surface area contributed by atoms with Crippen LogP contribution in [0.4, 0.5) is 0 Å². The van der Waals surface area contributed by atoms with E-state index in [1.165, 1.54) is 10.4 Å². The molecule has 15 heavy (non-hydrogen) atoms. The van der Waals surface area contributed by atoms with E-state index in [1.807, 2.05) is 12.4 Å². The van der Waals surface area contributed by atoms with Crippen LogP contribution in [0.5, 0.6) is 0 Å². The number of amides is 1. The van der Waals surface area contributed by atoms with Crippen molar-refractivity contribution < 1.29 is 4.79 Å². The molecule has 3 nitrogen and oxygen atoms in total. The van der Waals surface area contributed by atoms with Gasteiger partial charge in [-0.15, -0.1) is 23.7 Å². The molecular formula is C10H17ClN2OS. The van der Waals surface area contributed by atoms with Crippen molar-refractivity contribution in [3.05, 3.63) is 21.9 Å². The second kappa shape index (κ2) is 6.82. The molecular weight excluding hydrogens is 232 g/mol. The number of nitrogens with two attached hydrogens (primary N) is 1. The summed E-state index contributed by atoms with van der Waals surface area (Å²) in [6, 6.07) is 2.07. The van der Waals surface area contributed by atoms with Gasteiger partial charge in [0, 0.05) is 24.9 Å². The molecule has 1 rings (SSSR count). The van der Waals surface area contributed by atoms with E-state index in [4.69, 9.17) is 5.73 Å². The van der Waals surface area contributed by atoms with Gasteiger partial charge in [-0.3, -0.25) is 4.79 Å². The second-order valence-electron chi connectivity index (χ2n) is 3.32. The van der Waals surface area contributed by atoms with Crippen molar-refractivity contribution in [1.82, 2.24) is 4.90 Å². The lowest BCUT2D eigenvalue weighted by molar-refractivity contribution is -0.130. The Morgan fingerprint density at radius 2 is 2.27 bits per heavy atom. The Hall–Kier alpha value is -0.580. The molecule has 1 amide bonds. The van der Waals surface area contributed by atoms with Gasteiger partial charge >= 0.3 is 0 Å². The van der Waals surface area contributed by atoms with Crippen LogP contribution in [0.25, 0.3) is 0 Å². The molecule has 0 saturated carbocycles. The minimum atomic E-state index is 0. The molecule has 0 bridgehead atoms. The summed E-state index contributed by atoms with van der Waals surface area (Å²) in [7, 11) is 1.82. The molecule has 0 aliphatic carbocycles. The average molecular weight is 249 g/mol. The van der Waals surface area contributed by atoms with Crippen LogP contribution in [0.1, 0.15) is 16.9 Å². The highest BCUT2D eigenvalue weighted by Gasteiger charge is 2.09. The topological polar surface area (TPSA) is 46.3 Å². The second-order valence-corrected chi connectivity index (χ2v) is 4.32. The first-order chi connectivity index (χ1) is 6.65. The molecule has 0 spiro atoms. The Morgan fingerprint density at radius 3 is 2.73 bits per heavy atom. The first kappa shape index (κ1) is 14.4. The summed E-state index contributed by atoms with van der Waals surface area (Å²) in [4.78, 5) is 14.4. The van der Waals surface area contributed by atoms with E-state index in [2.05, 4.69) is 13.0 Å². The lowest BCUT2D eigenvalue weighted by Crippen LogP contribution is -2.27. The standard InChI is InChI=1S/C10H16N2OS.ClH/c1-8-4-6-14-9(8)7-12(2)10(13)3-5-11;/h4,6H,3,5,7,11H2,1-2H3;1H. The summed E-state index contributed by atoms with van der Waals surface area (Å²) in [5.41, 5.74) is 6.58. The molecule has 0 aromatic carbocycles. The maximum Gasteiger partial charge on any atom is 0.223 e. The Morgan fingerprint density at radius 1 is 1.60 bits per heavy atom. The van der Waals surface area contributed by atoms with Gasteiger partial charge in [0.2, 0.25) is 5.91 Å². The van der Waals surface area contributed by atoms with Crippen molar-refractivity contribution in [2.45, 2.75) is 19.9 Å². The number of carbonyl (C=O) groups is 1. The first-order valence-electron chi connectivity index (χ1n) is 4.62. The zero-order valence-corrected chi connectivity index (χ0v) is 10.7. The maximum absolute atomic E-state index is 11.4. The van der Waals surface area contributed by atoms with E-state index >= 15 is 0 Å². The lowest BCUT2D eigenvalue weighted by atomic mass is 10.2. The smallest absolute Gasteiger partial charge is 0.223 e. The Balaban J connectivity index is 0.00000196. The third-order valence-corrected chi connectivity index (χ3v) is 3.14. The summed E-state index contributed by atoms with van der Waals surface area (Å²) in [6.45, 7) is 3.18. The number of halogens is 1. The number of rotatable bonds is 4. The summed E-state index contributed by atoms with van der Waals surface area (Å²) in [5.74, 6) is 0.111. The molecule has 0 radical (unpaired) electrons. The Labute approximate surface area is 101 Å². The van der Waals surface area contributed by atoms with E-state index in [0.717, 1.165) is 0 Å². The zero-order valence-electron chi connectivity index (χ0n) is 9.03. The van der Waals surface area contributed by atoms with Gasteiger partial charge in [-0.2, -0.15) is 0 Å². The van der Waals surface area contributed by atoms with E-state index in [0.29, 0.717) is 19.5 Å². The van der Waals surface area contributed by atoms with Gasteiger partial charge in [-0.25, -0.2) is 0 Å². The van der Waals surface area contributed by atoms with E-state index in [-0.39, 0.29) is 18.3 Å². The molecule has 0 fully saturated rings. The number of carbonyl (C=O) groups excluding carboxylic acids is 1. The van der Waals surface area contributed by atoms with Gasteiger partial charge < -0.3 is 10.6 Å². The summed E-state index contributed by atoms with van der Waals surface area (Å²) in [5, 5.41) is 2.05. The average Bonchev–Trinajstić information content (AvgIpc) is 2.52. The van der Waals surface area contributed by atoms with Gasteiger partial charge in [0.25, 0.3) is 0 Å². The van der Waals surface area contributed by atoms with E-state index in [1.54, 1.807) is 16.2 Å². The highest BCUT2D eigenvalue weighted by molar-refractivity contribution is 7.10. The number of aryl methyl sites for hydroxylation is 1. The van der Waals surface area contributed by atoms with Gasteiger partial charge in [0.1, 0.15) is 0 Å².